The highest BCUT2D eigenvalue weighted by Crippen LogP contribution is 2.35. The van der Waals surface area contributed by atoms with E-state index in [2.05, 4.69) is 52.9 Å². The average molecular weight is 425 g/mol. The number of hydrogen-bond donors (Lipinski definition) is 2. The Balaban J connectivity index is 1.70. The van der Waals surface area contributed by atoms with Crippen LogP contribution in [0.2, 0.25) is 0 Å². The number of nitrogens with zero attached hydrogens (tertiary/aromatic N) is 4. The number of rotatable bonds is 8. The summed E-state index contributed by atoms with van der Waals surface area (Å²) < 4.78 is 13.3. The summed E-state index contributed by atoms with van der Waals surface area (Å²) in [4.78, 5) is 3.01. The van der Waals surface area contributed by atoms with Gasteiger partial charge in [0.1, 0.15) is 26.2 Å². The van der Waals surface area contributed by atoms with E-state index in [1.807, 2.05) is 22.9 Å². The molecule has 2 heterocycles. The van der Waals surface area contributed by atoms with Gasteiger partial charge in [0.05, 0.1) is 26.8 Å². The molecule has 0 bridgehead atoms. The van der Waals surface area contributed by atoms with Crippen LogP contribution in [0.5, 0.6) is 11.5 Å². The third-order valence-electron chi connectivity index (χ3n) is 6.17. The monoisotopic (exact) mass is 424 g/mol. The highest BCUT2D eigenvalue weighted by atomic mass is 16.5. The summed E-state index contributed by atoms with van der Waals surface area (Å²) in [6.45, 7) is 5.05. The van der Waals surface area contributed by atoms with E-state index in [1.165, 1.54) is 10.5 Å². The molecule has 0 aliphatic carbocycles. The standard InChI is InChI=1S/C23H30N6O2/c1-27-14-16-28(17-15-27)21(19-10-7-11-20(30-2)22(19)31-3)23-24-25-26-29(23)13-12-18-8-5-4-6-9-18/h4-11,21H,12-17H2,1-3H3/p+2/t21-/m0/s1. The number of likely N-dealkylation sites (N-methyl/N-ethyl adjacent to an activating group) is 1. The quantitative estimate of drug-likeness (QED) is 0.507. The zero-order valence-electron chi connectivity index (χ0n) is 18.5. The highest BCUT2D eigenvalue weighted by Gasteiger charge is 2.37. The van der Waals surface area contributed by atoms with Crippen molar-refractivity contribution in [3.05, 3.63) is 65.5 Å². The lowest BCUT2D eigenvalue weighted by atomic mass is 10.0. The number of aromatic nitrogens is 4. The summed E-state index contributed by atoms with van der Waals surface area (Å²) in [5.74, 6) is 2.36. The number of piperazine rings is 1. The minimum atomic E-state index is -0.0241. The van der Waals surface area contributed by atoms with Crippen LogP contribution in [-0.2, 0) is 13.0 Å². The van der Waals surface area contributed by atoms with E-state index in [0.29, 0.717) is 0 Å². The van der Waals surface area contributed by atoms with Crippen LogP contribution in [0, 0.1) is 0 Å². The lowest BCUT2D eigenvalue weighted by molar-refractivity contribution is -1.02. The highest BCUT2D eigenvalue weighted by molar-refractivity contribution is 5.48. The number of ether oxygens (including phenoxy) is 2. The zero-order chi connectivity index (χ0) is 21.6. The van der Waals surface area contributed by atoms with Gasteiger partial charge in [0, 0.05) is 6.54 Å². The van der Waals surface area contributed by atoms with E-state index in [1.54, 1.807) is 19.1 Å². The molecule has 1 fully saturated rings. The average Bonchev–Trinajstić information content (AvgIpc) is 3.27. The van der Waals surface area contributed by atoms with Crippen molar-refractivity contribution in [1.82, 2.24) is 20.2 Å². The topological polar surface area (TPSA) is 70.9 Å². The Labute approximate surface area is 183 Å². The summed E-state index contributed by atoms with van der Waals surface area (Å²) in [5, 5.41) is 12.9. The van der Waals surface area contributed by atoms with Gasteiger partial charge < -0.3 is 19.3 Å². The first kappa shape index (κ1) is 21.3. The number of aryl methyl sites for hydroxylation is 2. The van der Waals surface area contributed by atoms with Crippen LogP contribution in [0.4, 0.5) is 0 Å². The second-order valence-electron chi connectivity index (χ2n) is 8.13. The van der Waals surface area contributed by atoms with E-state index < -0.39 is 0 Å². The van der Waals surface area contributed by atoms with E-state index in [9.17, 15) is 0 Å². The van der Waals surface area contributed by atoms with Crippen LogP contribution in [0.15, 0.2) is 48.5 Å². The summed E-state index contributed by atoms with van der Waals surface area (Å²) >= 11 is 0. The van der Waals surface area contributed by atoms with Crippen molar-refractivity contribution in [1.29, 1.82) is 0 Å². The molecule has 1 aliphatic heterocycles. The molecule has 0 spiro atoms. The second kappa shape index (κ2) is 9.89. The van der Waals surface area contributed by atoms with Gasteiger partial charge in [-0.05, 0) is 34.5 Å². The van der Waals surface area contributed by atoms with Crippen molar-refractivity contribution in [2.75, 3.05) is 47.4 Å². The van der Waals surface area contributed by atoms with Gasteiger partial charge in [-0.1, -0.05) is 36.4 Å². The normalized spacial score (nSPS) is 19.7. The first-order chi connectivity index (χ1) is 15.2. The maximum atomic E-state index is 5.81. The summed E-state index contributed by atoms with van der Waals surface area (Å²) in [6, 6.07) is 16.5. The Morgan fingerprint density at radius 1 is 0.968 bits per heavy atom. The summed E-state index contributed by atoms with van der Waals surface area (Å²) in [7, 11) is 5.62. The molecule has 1 aliphatic rings. The first-order valence-electron chi connectivity index (χ1n) is 10.9. The number of methoxy groups -OCH3 is 2. The maximum absolute atomic E-state index is 5.81. The molecular formula is C23H32N6O2+2. The van der Waals surface area contributed by atoms with Crippen LogP contribution in [0.25, 0.3) is 0 Å². The van der Waals surface area contributed by atoms with Crippen molar-refractivity contribution in [2.24, 2.45) is 0 Å². The van der Waals surface area contributed by atoms with Gasteiger partial charge in [-0.15, -0.1) is 5.10 Å². The minimum absolute atomic E-state index is 0.0241. The van der Waals surface area contributed by atoms with Crippen molar-refractivity contribution in [3.63, 3.8) is 0 Å². The predicted molar refractivity (Wildman–Crippen MR) is 117 cm³/mol. The summed E-state index contributed by atoms with van der Waals surface area (Å²) in [5.41, 5.74) is 2.34. The fourth-order valence-electron chi connectivity index (χ4n) is 4.42. The van der Waals surface area contributed by atoms with Crippen LogP contribution in [0.1, 0.15) is 23.0 Å². The fraction of sp³-hybridized carbons (Fsp3) is 0.435. The lowest BCUT2D eigenvalue weighted by Crippen LogP contribution is -3.27. The predicted octanol–water partition coefficient (Wildman–Crippen LogP) is -0.564. The van der Waals surface area contributed by atoms with Gasteiger partial charge in [-0.3, -0.25) is 0 Å². The molecule has 0 unspecified atom stereocenters. The molecule has 0 amide bonds. The molecule has 1 saturated heterocycles. The third kappa shape index (κ3) is 4.70. The first-order valence-corrected chi connectivity index (χ1v) is 10.9. The van der Waals surface area contributed by atoms with Crippen molar-refractivity contribution in [3.8, 4) is 11.5 Å². The Hall–Kier alpha value is -2.97. The molecule has 164 valence electrons. The molecule has 8 nitrogen and oxygen atoms in total. The molecule has 2 aromatic carbocycles. The van der Waals surface area contributed by atoms with Crippen LogP contribution in [-0.4, -0.2) is 67.7 Å². The molecular weight excluding hydrogens is 392 g/mol. The van der Waals surface area contributed by atoms with E-state index in [4.69, 9.17) is 9.47 Å². The Kier molecular flexibility index (Phi) is 6.79. The number of nitrogens with one attached hydrogen (secondary N) is 2. The van der Waals surface area contributed by atoms with Gasteiger partial charge in [0.2, 0.25) is 5.82 Å². The van der Waals surface area contributed by atoms with Crippen molar-refractivity contribution >= 4 is 0 Å². The number of tetrazole rings is 1. The van der Waals surface area contributed by atoms with Gasteiger partial charge in [0.25, 0.3) is 0 Å². The largest absolute Gasteiger partial charge is 0.493 e. The SMILES string of the molecule is COc1cccc([C@@H](c2nnnn2CCc2ccccc2)[NH+]2CC[NH+](C)CC2)c1OC. The Morgan fingerprint density at radius 3 is 2.45 bits per heavy atom. The van der Waals surface area contributed by atoms with E-state index in [0.717, 1.165) is 62.0 Å². The zero-order valence-corrected chi connectivity index (χ0v) is 18.5. The molecule has 4 rings (SSSR count). The van der Waals surface area contributed by atoms with Gasteiger partial charge in [-0.2, -0.15) is 0 Å². The van der Waals surface area contributed by atoms with Gasteiger partial charge in [-0.25, -0.2) is 4.68 Å². The maximum Gasteiger partial charge on any atom is 0.214 e. The molecule has 1 atom stereocenters. The lowest BCUT2D eigenvalue weighted by Gasteiger charge is -2.33. The van der Waals surface area contributed by atoms with E-state index >= 15 is 0 Å². The van der Waals surface area contributed by atoms with E-state index in [-0.39, 0.29) is 6.04 Å². The molecule has 0 radical (unpaired) electrons. The fourth-order valence-corrected chi connectivity index (χ4v) is 4.42. The Bertz CT molecular complexity index is 969. The number of para-hydroxylation sites is 1. The molecule has 2 N–H and O–H groups in total. The van der Waals surface area contributed by atoms with Crippen molar-refractivity contribution < 1.29 is 19.3 Å². The molecule has 31 heavy (non-hydrogen) atoms. The van der Waals surface area contributed by atoms with Crippen LogP contribution < -0.4 is 19.3 Å². The minimum Gasteiger partial charge on any atom is -0.493 e. The number of quaternary nitrogens is 2. The van der Waals surface area contributed by atoms with Crippen LogP contribution >= 0.6 is 0 Å². The molecule has 3 aromatic rings. The molecule has 8 heteroatoms. The second-order valence-corrected chi connectivity index (χ2v) is 8.13. The number of hydrogen-bond acceptors (Lipinski definition) is 5. The smallest absolute Gasteiger partial charge is 0.214 e. The van der Waals surface area contributed by atoms with Crippen LogP contribution in [0.3, 0.4) is 0 Å². The molecule has 0 saturated carbocycles. The van der Waals surface area contributed by atoms with Crippen molar-refractivity contribution in [2.45, 2.75) is 19.0 Å². The Morgan fingerprint density at radius 2 is 1.74 bits per heavy atom. The summed E-state index contributed by atoms with van der Waals surface area (Å²) in [6.07, 6.45) is 0.878. The number of benzene rings is 2. The van der Waals surface area contributed by atoms with Gasteiger partial charge >= 0.3 is 0 Å². The van der Waals surface area contributed by atoms with Gasteiger partial charge in [0.15, 0.2) is 17.5 Å². The third-order valence-corrected chi connectivity index (χ3v) is 6.17. The molecule has 1 aromatic heterocycles.